The van der Waals surface area contributed by atoms with Gasteiger partial charge in [-0.2, -0.15) is 4.31 Å². The summed E-state index contributed by atoms with van der Waals surface area (Å²) in [6.45, 7) is 6.52. The number of amides is 1. The highest BCUT2D eigenvalue weighted by Gasteiger charge is 2.27. The van der Waals surface area contributed by atoms with E-state index in [1.54, 1.807) is 18.7 Å². The Hall–Kier alpha value is -0.660. The zero-order valence-corrected chi connectivity index (χ0v) is 12.4. The average Bonchev–Trinajstić information content (AvgIpc) is 2.24. The Morgan fingerprint density at radius 1 is 1.22 bits per heavy atom. The fourth-order valence-corrected chi connectivity index (χ4v) is 3.08. The average molecular weight is 277 g/mol. The van der Waals surface area contributed by atoms with Gasteiger partial charge in [-0.3, -0.25) is 4.79 Å². The maximum Gasteiger partial charge on any atom is 0.237 e. The zero-order chi connectivity index (χ0) is 13.9. The third kappa shape index (κ3) is 4.22. The van der Waals surface area contributed by atoms with Gasteiger partial charge >= 0.3 is 0 Å². The SMILES string of the molecule is CC(C)N(CC(=O)N1CCN(C)CC1)S(C)(=O)=O. The first-order valence-corrected chi connectivity index (χ1v) is 8.00. The summed E-state index contributed by atoms with van der Waals surface area (Å²) in [5.74, 6) is -0.109. The Balaban J connectivity index is 2.62. The number of piperazine rings is 1. The molecule has 0 N–H and O–H groups in total. The molecule has 18 heavy (non-hydrogen) atoms. The zero-order valence-electron chi connectivity index (χ0n) is 11.6. The molecule has 1 amide bonds. The molecular weight excluding hydrogens is 254 g/mol. The van der Waals surface area contributed by atoms with Gasteiger partial charge in [0, 0.05) is 32.2 Å². The van der Waals surface area contributed by atoms with Crippen LogP contribution < -0.4 is 0 Å². The van der Waals surface area contributed by atoms with E-state index in [4.69, 9.17) is 0 Å². The second kappa shape index (κ2) is 5.99. The second-order valence-corrected chi connectivity index (χ2v) is 7.02. The van der Waals surface area contributed by atoms with E-state index in [2.05, 4.69) is 4.90 Å². The summed E-state index contributed by atoms with van der Waals surface area (Å²) in [6, 6.07) is -0.198. The summed E-state index contributed by atoms with van der Waals surface area (Å²) < 4.78 is 24.4. The van der Waals surface area contributed by atoms with Crippen molar-refractivity contribution in [3.05, 3.63) is 0 Å². The van der Waals surface area contributed by atoms with Crippen molar-refractivity contribution in [2.75, 3.05) is 46.0 Å². The van der Waals surface area contributed by atoms with Crippen molar-refractivity contribution < 1.29 is 13.2 Å². The number of hydrogen-bond donors (Lipinski definition) is 0. The Bertz CT molecular complexity index is 386. The molecular formula is C11H23N3O3S. The summed E-state index contributed by atoms with van der Waals surface area (Å²) in [4.78, 5) is 16.0. The van der Waals surface area contributed by atoms with Gasteiger partial charge in [0.25, 0.3) is 0 Å². The number of rotatable bonds is 4. The maximum absolute atomic E-state index is 12.1. The topological polar surface area (TPSA) is 60.9 Å². The standard InChI is InChI=1S/C11H23N3O3S/c1-10(2)14(18(4,16)17)9-11(15)13-7-5-12(3)6-8-13/h10H,5-9H2,1-4H3. The van der Waals surface area contributed by atoms with Gasteiger partial charge in [-0.15, -0.1) is 0 Å². The van der Waals surface area contributed by atoms with E-state index in [9.17, 15) is 13.2 Å². The Morgan fingerprint density at radius 3 is 2.11 bits per heavy atom. The van der Waals surface area contributed by atoms with Crippen molar-refractivity contribution in [2.45, 2.75) is 19.9 Å². The van der Waals surface area contributed by atoms with Crippen molar-refractivity contribution in [1.82, 2.24) is 14.1 Å². The quantitative estimate of drug-likeness (QED) is 0.690. The van der Waals surface area contributed by atoms with Crippen LogP contribution in [0.5, 0.6) is 0 Å². The minimum atomic E-state index is -3.33. The van der Waals surface area contributed by atoms with Gasteiger partial charge < -0.3 is 9.80 Å². The lowest BCUT2D eigenvalue weighted by Gasteiger charge is -2.34. The number of sulfonamides is 1. The lowest BCUT2D eigenvalue weighted by molar-refractivity contribution is -0.133. The van der Waals surface area contributed by atoms with Crippen LogP contribution in [0.15, 0.2) is 0 Å². The van der Waals surface area contributed by atoms with Crippen molar-refractivity contribution in [3.63, 3.8) is 0 Å². The van der Waals surface area contributed by atoms with Crippen molar-refractivity contribution in [3.8, 4) is 0 Å². The van der Waals surface area contributed by atoms with E-state index in [-0.39, 0.29) is 18.5 Å². The first-order valence-electron chi connectivity index (χ1n) is 6.15. The molecule has 0 aliphatic carbocycles. The van der Waals surface area contributed by atoms with Gasteiger partial charge in [0.2, 0.25) is 15.9 Å². The van der Waals surface area contributed by atoms with E-state index >= 15 is 0 Å². The molecule has 0 aromatic carbocycles. The molecule has 106 valence electrons. The predicted molar refractivity (Wildman–Crippen MR) is 70.8 cm³/mol. The molecule has 0 atom stereocenters. The van der Waals surface area contributed by atoms with Gasteiger partial charge in [0.05, 0.1) is 12.8 Å². The molecule has 6 nitrogen and oxygen atoms in total. The minimum Gasteiger partial charge on any atom is -0.339 e. The van der Waals surface area contributed by atoms with E-state index in [0.717, 1.165) is 19.3 Å². The highest BCUT2D eigenvalue weighted by Crippen LogP contribution is 2.07. The molecule has 1 heterocycles. The van der Waals surface area contributed by atoms with Crippen LogP contribution in [-0.2, 0) is 14.8 Å². The molecule has 0 unspecified atom stereocenters. The van der Waals surface area contributed by atoms with Gasteiger partial charge in [-0.05, 0) is 20.9 Å². The summed E-state index contributed by atoms with van der Waals surface area (Å²) in [7, 11) is -1.32. The third-order valence-electron chi connectivity index (χ3n) is 3.15. The number of hydrogen-bond acceptors (Lipinski definition) is 4. The third-order valence-corrected chi connectivity index (χ3v) is 4.55. The van der Waals surface area contributed by atoms with Crippen molar-refractivity contribution in [1.29, 1.82) is 0 Å². The first-order chi connectivity index (χ1) is 8.21. The molecule has 1 rings (SSSR count). The lowest BCUT2D eigenvalue weighted by atomic mass is 10.3. The second-order valence-electron chi connectivity index (χ2n) is 5.09. The molecule has 1 saturated heterocycles. The monoisotopic (exact) mass is 277 g/mol. The van der Waals surface area contributed by atoms with E-state index in [1.807, 2.05) is 7.05 Å². The predicted octanol–water partition coefficient (Wildman–Crippen LogP) is -0.570. The van der Waals surface area contributed by atoms with Crippen LogP contribution in [0.3, 0.4) is 0 Å². The molecule has 1 aliphatic rings. The summed E-state index contributed by atoms with van der Waals surface area (Å²) in [5.41, 5.74) is 0. The number of nitrogens with zero attached hydrogens (tertiary/aromatic N) is 3. The molecule has 7 heteroatoms. The highest BCUT2D eigenvalue weighted by molar-refractivity contribution is 7.88. The Morgan fingerprint density at radius 2 is 1.72 bits per heavy atom. The fourth-order valence-electron chi connectivity index (χ4n) is 1.97. The molecule has 0 bridgehead atoms. The van der Waals surface area contributed by atoms with Crippen LogP contribution in [0.4, 0.5) is 0 Å². The number of likely N-dealkylation sites (N-methyl/N-ethyl adjacent to an activating group) is 1. The largest absolute Gasteiger partial charge is 0.339 e. The summed E-state index contributed by atoms with van der Waals surface area (Å²) >= 11 is 0. The molecule has 1 aliphatic heterocycles. The molecule has 0 radical (unpaired) electrons. The van der Waals surface area contributed by atoms with Gasteiger partial charge in [0.1, 0.15) is 0 Å². The van der Waals surface area contributed by atoms with E-state index in [1.165, 1.54) is 4.31 Å². The smallest absolute Gasteiger partial charge is 0.237 e. The molecule has 0 spiro atoms. The van der Waals surface area contributed by atoms with Gasteiger partial charge in [0.15, 0.2) is 0 Å². The molecule has 0 saturated carbocycles. The fraction of sp³-hybridized carbons (Fsp3) is 0.909. The first kappa shape index (κ1) is 15.4. The minimum absolute atomic E-state index is 0.0553. The molecule has 0 aromatic heterocycles. The number of carbonyl (C=O) groups is 1. The lowest BCUT2D eigenvalue weighted by Crippen LogP contribution is -2.51. The van der Waals surface area contributed by atoms with Crippen LogP contribution in [0, 0.1) is 0 Å². The van der Waals surface area contributed by atoms with Crippen LogP contribution in [0.25, 0.3) is 0 Å². The van der Waals surface area contributed by atoms with Gasteiger partial charge in [-0.1, -0.05) is 0 Å². The van der Waals surface area contributed by atoms with Crippen LogP contribution in [0.1, 0.15) is 13.8 Å². The summed E-state index contributed by atoms with van der Waals surface area (Å²) in [6.07, 6.45) is 1.14. The molecule has 0 aromatic rings. The van der Waals surface area contributed by atoms with Crippen molar-refractivity contribution >= 4 is 15.9 Å². The van der Waals surface area contributed by atoms with Crippen LogP contribution in [-0.4, -0.2) is 80.5 Å². The van der Waals surface area contributed by atoms with Gasteiger partial charge in [-0.25, -0.2) is 8.42 Å². The van der Waals surface area contributed by atoms with E-state index < -0.39 is 10.0 Å². The number of carbonyl (C=O) groups excluding carboxylic acids is 1. The van der Waals surface area contributed by atoms with Crippen LogP contribution >= 0.6 is 0 Å². The van der Waals surface area contributed by atoms with Crippen LogP contribution in [0.2, 0.25) is 0 Å². The van der Waals surface area contributed by atoms with Crippen molar-refractivity contribution in [2.24, 2.45) is 0 Å². The normalized spacial score (nSPS) is 18.7. The summed E-state index contributed by atoms with van der Waals surface area (Å²) in [5, 5.41) is 0. The Kier molecular flexibility index (Phi) is 5.12. The van der Waals surface area contributed by atoms with E-state index in [0.29, 0.717) is 13.1 Å². The highest BCUT2D eigenvalue weighted by atomic mass is 32.2. The Labute approximate surface area is 110 Å². The molecule has 1 fully saturated rings. The maximum atomic E-state index is 12.1.